The maximum Gasteiger partial charge on any atom is 0.416 e. The molecule has 0 spiro atoms. The molecular weight excluding hydrogens is 686 g/mol. The number of rotatable bonds is 9. The van der Waals surface area contributed by atoms with E-state index in [1.807, 2.05) is 37.3 Å². The molecule has 0 radical (unpaired) electrons. The number of likely N-dealkylation sites (tertiary alicyclic amines) is 1. The van der Waals surface area contributed by atoms with Crippen LogP contribution in [-0.4, -0.2) is 50.3 Å². The smallest absolute Gasteiger partial charge is 0.416 e. The van der Waals surface area contributed by atoms with Gasteiger partial charge in [0, 0.05) is 37.0 Å². The summed E-state index contributed by atoms with van der Waals surface area (Å²) in [7, 11) is -0.787. The molecule has 0 bridgehead atoms. The van der Waals surface area contributed by atoms with Gasteiger partial charge in [-0.15, -0.1) is 0 Å². The van der Waals surface area contributed by atoms with Crippen molar-refractivity contribution in [3.63, 3.8) is 0 Å². The summed E-state index contributed by atoms with van der Waals surface area (Å²) in [6.45, 7) is 18.3. The average Bonchev–Trinajstić information content (AvgIpc) is 3.08. The lowest BCUT2D eigenvalue weighted by Crippen LogP contribution is -2.44. The Kier molecular flexibility index (Phi) is 11.5. The number of hydrogen-bond donors (Lipinski definition) is 0. The predicted molar refractivity (Wildman–Crippen MR) is 198 cm³/mol. The van der Waals surface area contributed by atoms with E-state index in [1.165, 1.54) is 12.1 Å². The number of ether oxygens (including phenoxy) is 2. The highest BCUT2D eigenvalue weighted by molar-refractivity contribution is 6.74. The third kappa shape index (κ3) is 8.63. The van der Waals surface area contributed by atoms with E-state index in [-0.39, 0.29) is 34.6 Å². The summed E-state index contributed by atoms with van der Waals surface area (Å²) < 4.78 is 59.3. The number of piperidine rings is 1. The van der Waals surface area contributed by atoms with Crippen molar-refractivity contribution < 1.29 is 36.7 Å². The largest absolute Gasteiger partial charge is 0.445 e. The zero-order chi connectivity index (χ0) is 38.2. The molecule has 1 amide bonds. The van der Waals surface area contributed by atoms with Crippen LogP contribution in [0.15, 0.2) is 54.6 Å². The molecule has 2 heterocycles. The monoisotopic (exact) mass is 738 g/mol. The van der Waals surface area contributed by atoms with Gasteiger partial charge in [0.2, 0.25) is 0 Å². The number of halogens is 3. The fourth-order valence-electron chi connectivity index (χ4n) is 7.13. The Hall–Kier alpha value is -3.54. The van der Waals surface area contributed by atoms with E-state index in [9.17, 15) is 22.8 Å². The standard InChI is InChI=1S/C41H53F3N2O5Si/c1-26(49-7)36-35(37(47)29-15-17-30(18-16-29)41(42,43)44)33(28-19-21-46(22-20-28)38(48)50-25-27-13-11-10-12-14-27)34-31(45-36)23-40(5,6)24-32(34)51-52(8,9)39(2,3)4/h10-18,26,28,32H,19-25H2,1-9H3/t26?,32-/m0/s1. The molecule has 1 saturated heterocycles. The van der Waals surface area contributed by atoms with Gasteiger partial charge in [0.1, 0.15) is 6.61 Å². The SMILES string of the molecule is COC(C)c1nc2c(c(C3CCN(C(=O)OCc4ccccc4)CC3)c1C(=O)c1ccc(C(F)(F)F)cc1)[C@@H](O[Si](C)(C)C(C)(C)C)CC(C)(C)C2. The van der Waals surface area contributed by atoms with Crippen LogP contribution in [0.4, 0.5) is 18.0 Å². The van der Waals surface area contributed by atoms with Crippen LogP contribution in [0, 0.1) is 5.41 Å². The number of methoxy groups -OCH3 is 1. The van der Waals surface area contributed by atoms with Crippen molar-refractivity contribution in [1.29, 1.82) is 0 Å². The lowest BCUT2D eigenvalue weighted by molar-refractivity contribution is -0.137. The Morgan fingerprint density at radius 3 is 2.15 bits per heavy atom. The Morgan fingerprint density at radius 2 is 1.60 bits per heavy atom. The molecule has 1 aromatic heterocycles. The molecule has 1 aliphatic carbocycles. The van der Waals surface area contributed by atoms with Gasteiger partial charge in [-0.2, -0.15) is 13.2 Å². The quantitative estimate of drug-likeness (QED) is 0.161. The van der Waals surface area contributed by atoms with Crippen LogP contribution in [0.5, 0.6) is 0 Å². The molecule has 3 aromatic rings. The Labute approximate surface area is 307 Å². The average molecular weight is 739 g/mol. The summed E-state index contributed by atoms with van der Waals surface area (Å²) in [6.07, 6.45) is -3.35. The molecule has 2 atom stereocenters. The van der Waals surface area contributed by atoms with Crippen molar-refractivity contribution in [3.8, 4) is 0 Å². The lowest BCUT2D eigenvalue weighted by atomic mass is 9.70. The lowest BCUT2D eigenvalue weighted by Gasteiger charge is -2.46. The first kappa shape index (κ1) is 39.7. The Bertz CT molecular complexity index is 1750. The highest BCUT2D eigenvalue weighted by atomic mass is 28.4. The third-order valence-corrected chi connectivity index (χ3v) is 15.6. The van der Waals surface area contributed by atoms with Crippen LogP contribution in [0.25, 0.3) is 0 Å². The second-order valence-electron chi connectivity index (χ2n) is 16.6. The van der Waals surface area contributed by atoms with Gasteiger partial charge in [-0.25, -0.2) is 4.79 Å². The molecule has 2 aliphatic rings. The van der Waals surface area contributed by atoms with Gasteiger partial charge in [-0.3, -0.25) is 9.78 Å². The summed E-state index contributed by atoms with van der Waals surface area (Å²) in [6, 6.07) is 13.9. The molecule has 5 rings (SSSR count). The van der Waals surface area contributed by atoms with Crippen LogP contribution in [0.1, 0.15) is 128 Å². The second-order valence-corrected chi connectivity index (χ2v) is 21.4. The van der Waals surface area contributed by atoms with E-state index >= 15 is 0 Å². The fourth-order valence-corrected chi connectivity index (χ4v) is 8.40. The van der Waals surface area contributed by atoms with Gasteiger partial charge < -0.3 is 18.8 Å². The fraction of sp³-hybridized carbons (Fsp3) is 0.537. The molecule has 7 nitrogen and oxygen atoms in total. The number of ketones is 1. The molecule has 52 heavy (non-hydrogen) atoms. The number of alkyl halides is 3. The second kappa shape index (κ2) is 15.1. The number of carbonyl (C=O) groups is 2. The van der Waals surface area contributed by atoms with Crippen molar-refractivity contribution in [1.82, 2.24) is 9.88 Å². The first-order valence-corrected chi connectivity index (χ1v) is 21.1. The highest BCUT2D eigenvalue weighted by Gasteiger charge is 2.46. The predicted octanol–water partition coefficient (Wildman–Crippen LogP) is 10.6. The summed E-state index contributed by atoms with van der Waals surface area (Å²) in [5.74, 6) is -0.559. The molecule has 1 unspecified atom stereocenters. The van der Waals surface area contributed by atoms with Crippen molar-refractivity contribution in [2.45, 2.75) is 116 Å². The van der Waals surface area contributed by atoms with Crippen LogP contribution in [-0.2, 0) is 33.1 Å². The van der Waals surface area contributed by atoms with Crippen LogP contribution < -0.4 is 0 Å². The Balaban J connectivity index is 1.63. The van der Waals surface area contributed by atoms with Gasteiger partial charge in [-0.1, -0.05) is 77.1 Å². The van der Waals surface area contributed by atoms with E-state index in [2.05, 4.69) is 47.7 Å². The van der Waals surface area contributed by atoms with Gasteiger partial charge >= 0.3 is 12.3 Å². The van der Waals surface area contributed by atoms with Crippen LogP contribution in [0.2, 0.25) is 18.1 Å². The summed E-state index contributed by atoms with van der Waals surface area (Å²) in [4.78, 5) is 34.9. The first-order chi connectivity index (χ1) is 24.2. The van der Waals surface area contributed by atoms with E-state index < -0.39 is 38.0 Å². The number of pyridine rings is 1. The molecule has 1 aliphatic heterocycles. The number of hydrogen-bond acceptors (Lipinski definition) is 6. The molecule has 0 saturated carbocycles. The van der Waals surface area contributed by atoms with Crippen LogP contribution in [0.3, 0.4) is 0 Å². The molecule has 11 heteroatoms. The summed E-state index contributed by atoms with van der Waals surface area (Å²) >= 11 is 0. The molecular formula is C41H53F3N2O5Si. The van der Waals surface area contributed by atoms with Crippen molar-refractivity contribution in [3.05, 3.63) is 99.4 Å². The number of aromatic nitrogens is 1. The highest BCUT2D eigenvalue weighted by Crippen LogP contribution is 2.51. The number of fused-ring (bicyclic) bond motifs is 1. The van der Waals surface area contributed by atoms with Gasteiger partial charge in [0.25, 0.3) is 0 Å². The minimum absolute atomic E-state index is 0.0861. The Morgan fingerprint density at radius 1 is 0.981 bits per heavy atom. The first-order valence-electron chi connectivity index (χ1n) is 18.2. The van der Waals surface area contributed by atoms with Gasteiger partial charge in [-0.05, 0) is 85.3 Å². The van der Waals surface area contributed by atoms with Crippen molar-refractivity contribution in [2.75, 3.05) is 20.2 Å². The number of amides is 1. The molecule has 282 valence electrons. The number of nitrogens with zero attached hydrogens (tertiary/aromatic N) is 2. The molecule has 2 aromatic carbocycles. The van der Waals surface area contributed by atoms with Crippen LogP contribution >= 0.6 is 0 Å². The van der Waals surface area contributed by atoms with Crippen molar-refractivity contribution in [2.24, 2.45) is 5.41 Å². The zero-order valence-electron chi connectivity index (χ0n) is 31.9. The molecule has 1 fully saturated rings. The third-order valence-electron chi connectivity index (χ3n) is 11.1. The van der Waals surface area contributed by atoms with Gasteiger partial charge in [0.05, 0.1) is 29.0 Å². The van der Waals surface area contributed by atoms with E-state index in [4.69, 9.17) is 18.9 Å². The minimum Gasteiger partial charge on any atom is -0.445 e. The maximum atomic E-state index is 14.8. The van der Waals surface area contributed by atoms with E-state index in [1.54, 1.807) is 12.0 Å². The maximum absolute atomic E-state index is 14.8. The summed E-state index contributed by atoms with van der Waals surface area (Å²) in [5, 5.41) is -0.0861. The van der Waals surface area contributed by atoms with E-state index in [0.29, 0.717) is 43.6 Å². The zero-order valence-corrected chi connectivity index (χ0v) is 32.9. The number of benzene rings is 2. The minimum atomic E-state index is -4.53. The topological polar surface area (TPSA) is 78.0 Å². The summed E-state index contributed by atoms with van der Waals surface area (Å²) in [5.41, 5.74) is 3.50. The normalized spacial score (nSPS) is 18.8. The number of carbonyl (C=O) groups excluding carboxylic acids is 2. The molecule has 0 N–H and O–H groups in total. The van der Waals surface area contributed by atoms with Crippen molar-refractivity contribution >= 4 is 20.2 Å². The van der Waals surface area contributed by atoms with E-state index in [0.717, 1.165) is 40.9 Å². The van der Waals surface area contributed by atoms with Gasteiger partial charge in [0.15, 0.2) is 14.1 Å².